The van der Waals surface area contributed by atoms with E-state index in [0.717, 1.165) is 41.7 Å². The van der Waals surface area contributed by atoms with Gasteiger partial charge in [-0.25, -0.2) is 26.6 Å². The highest BCUT2D eigenvalue weighted by atomic mass is 32.2. The normalized spacial score (nSPS) is 11.6. The molecule has 0 spiro atoms. The van der Waals surface area contributed by atoms with E-state index in [1.165, 1.54) is 11.1 Å². The van der Waals surface area contributed by atoms with E-state index in [9.17, 15) is 26.4 Å². The van der Waals surface area contributed by atoms with Crippen molar-refractivity contribution in [2.24, 2.45) is 0 Å². The van der Waals surface area contributed by atoms with Gasteiger partial charge < -0.3 is 0 Å². The zero-order valence-corrected chi connectivity index (χ0v) is 18.5. The minimum Gasteiger partial charge on any atom is -0.282 e. The van der Waals surface area contributed by atoms with Gasteiger partial charge in [0, 0.05) is 18.7 Å². The molecule has 2 heterocycles. The van der Waals surface area contributed by atoms with Gasteiger partial charge in [-0.15, -0.1) is 0 Å². The Bertz CT molecular complexity index is 1410. The lowest BCUT2D eigenvalue weighted by molar-refractivity contribution is -0.118. The second kappa shape index (κ2) is 9.28. The van der Waals surface area contributed by atoms with Crippen molar-refractivity contribution in [1.29, 1.82) is 0 Å². The molecule has 4 rings (SSSR count). The number of nitrogens with zero attached hydrogens (tertiary/aromatic N) is 3. The first-order chi connectivity index (χ1) is 15.7. The Labute approximate surface area is 191 Å². The van der Waals surface area contributed by atoms with Gasteiger partial charge in [-0.05, 0) is 42.5 Å². The highest BCUT2D eigenvalue weighted by Gasteiger charge is 2.25. The largest absolute Gasteiger partial charge is 0.282 e. The fourth-order valence-electron chi connectivity index (χ4n) is 3.09. The van der Waals surface area contributed by atoms with Gasteiger partial charge in [0.1, 0.15) is 17.2 Å². The van der Waals surface area contributed by atoms with E-state index in [4.69, 9.17) is 0 Å². The van der Waals surface area contributed by atoms with Gasteiger partial charge >= 0.3 is 0 Å². The number of aromatic nitrogens is 2. The molecule has 0 N–H and O–H groups in total. The van der Waals surface area contributed by atoms with E-state index in [1.54, 1.807) is 18.2 Å². The van der Waals surface area contributed by atoms with Crippen LogP contribution < -0.4 is 4.90 Å². The van der Waals surface area contributed by atoms with Crippen LogP contribution in [0.25, 0.3) is 10.2 Å². The van der Waals surface area contributed by atoms with Crippen LogP contribution in [0.4, 0.5) is 18.3 Å². The molecule has 4 aromatic rings. The number of rotatable bonds is 7. The Kier molecular flexibility index (Phi) is 6.43. The summed E-state index contributed by atoms with van der Waals surface area (Å²) in [5.41, 5.74) is 0.410. The molecule has 0 saturated carbocycles. The van der Waals surface area contributed by atoms with Crippen molar-refractivity contribution in [3.8, 4) is 0 Å². The minimum atomic E-state index is -3.85. The first kappa shape index (κ1) is 22.9. The molecule has 0 aliphatic heterocycles. The third-order valence-corrected chi connectivity index (χ3v) is 7.49. The Morgan fingerprint density at radius 3 is 2.45 bits per heavy atom. The van der Waals surface area contributed by atoms with E-state index < -0.39 is 45.4 Å². The van der Waals surface area contributed by atoms with Crippen molar-refractivity contribution < 1.29 is 26.4 Å². The molecule has 0 fully saturated rings. The molecule has 11 heteroatoms. The van der Waals surface area contributed by atoms with Crippen LogP contribution in [0.3, 0.4) is 0 Å². The first-order valence-electron chi connectivity index (χ1n) is 9.67. The van der Waals surface area contributed by atoms with Gasteiger partial charge in [-0.1, -0.05) is 17.4 Å². The lowest BCUT2D eigenvalue weighted by atomic mass is 10.3. The maximum absolute atomic E-state index is 14.2. The number of carbonyl (C=O) groups excluding carboxylic acids is 1. The van der Waals surface area contributed by atoms with Crippen LogP contribution in [0, 0.1) is 17.5 Å². The van der Waals surface area contributed by atoms with Gasteiger partial charge in [-0.3, -0.25) is 14.7 Å². The van der Waals surface area contributed by atoms with E-state index in [0.29, 0.717) is 11.8 Å². The van der Waals surface area contributed by atoms with Gasteiger partial charge in [-0.2, -0.15) is 0 Å². The molecule has 0 aliphatic carbocycles. The number of fused-ring (bicyclic) bond motifs is 1. The van der Waals surface area contributed by atoms with Gasteiger partial charge in [0.25, 0.3) is 0 Å². The van der Waals surface area contributed by atoms with Gasteiger partial charge in [0.2, 0.25) is 5.91 Å². The van der Waals surface area contributed by atoms with Crippen molar-refractivity contribution in [1.82, 2.24) is 9.97 Å². The lowest BCUT2D eigenvalue weighted by Crippen LogP contribution is -2.32. The Balaban J connectivity index is 1.62. The van der Waals surface area contributed by atoms with Crippen molar-refractivity contribution in [3.05, 3.63) is 83.9 Å². The summed E-state index contributed by atoms with van der Waals surface area (Å²) < 4.78 is 66.2. The Morgan fingerprint density at radius 2 is 1.76 bits per heavy atom. The lowest BCUT2D eigenvalue weighted by Gasteiger charge is -2.19. The molecule has 0 saturated heterocycles. The smallest absolute Gasteiger partial charge is 0.230 e. The number of hydrogen-bond donors (Lipinski definition) is 0. The van der Waals surface area contributed by atoms with E-state index in [2.05, 4.69) is 9.97 Å². The third-order valence-electron chi connectivity index (χ3n) is 4.74. The molecule has 170 valence electrons. The molecule has 0 aliphatic rings. The number of hydrogen-bond acceptors (Lipinski definition) is 6. The molecule has 0 unspecified atom stereocenters. The summed E-state index contributed by atoms with van der Waals surface area (Å²) in [5, 5.41) is 0.0873. The van der Waals surface area contributed by atoms with E-state index >= 15 is 0 Å². The highest BCUT2D eigenvalue weighted by molar-refractivity contribution is 7.91. The SMILES string of the molecule is O=C(CCS(=O)(=O)c1ccc(F)cc1)N(Cc1ccccn1)c1nc2c(F)cc(F)cc2s1. The number of pyridine rings is 1. The molecule has 0 radical (unpaired) electrons. The molecule has 2 aromatic carbocycles. The number of anilines is 1. The Hall–Kier alpha value is -3.31. The third kappa shape index (κ3) is 5.20. The Morgan fingerprint density at radius 1 is 1.00 bits per heavy atom. The molecule has 2 aromatic heterocycles. The molecule has 33 heavy (non-hydrogen) atoms. The fourth-order valence-corrected chi connectivity index (χ4v) is 5.34. The molecular weight excluding hydrogens is 475 g/mol. The van der Waals surface area contributed by atoms with E-state index in [1.807, 2.05) is 0 Å². The summed E-state index contributed by atoms with van der Waals surface area (Å²) in [4.78, 5) is 22.5. The standard InChI is InChI=1S/C22H16F3N3O3S2/c23-14-4-6-17(7-5-14)33(30,31)10-8-20(29)28(13-16-3-1-2-9-26-16)22-27-21-18(25)11-15(24)12-19(21)32-22/h1-7,9,11-12H,8,10,13H2. The molecule has 0 atom stereocenters. The van der Waals surface area contributed by atoms with Crippen molar-refractivity contribution in [3.63, 3.8) is 0 Å². The second-order valence-electron chi connectivity index (χ2n) is 7.05. The van der Waals surface area contributed by atoms with Crippen LogP contribution in [0.2, 0.25) is 0 Å². The summed E-state index contributed by atoms with van der Waals surface area (Å²) in [6, 6.07) is 11.2. The predicted octanol–water partition coefficient (Wildman–Crippen LogP) is 4.51. The van der Waals surface area contributed by atoms with Crippen molar-refractivity contribution >= 4 is 42.4 Å². The average Bonchev–Trinajstić information content (AvgIpc) is 3.21. The number of thiazole rings is 1. The minimum absolute atomic E-state index is 0.0415. The number of sulfone groups is 1. The summed E-state index contributed by atoms with van der Waals surface area (Å²) in [7, 11) is -3.85. The molecule has 0 bridgehead atoms. The van der Waals surface area contributed by atoms with Crippen molar-refractivity contribution in [2.45, 2.75) is 17.9 Å². The van der Waals surface area contributed by atoms with Crippen LogP contribution >= 0.6 is 11.3 Å². The zero-order valence-electron chi connectivity index (χ0n) is 16.9. The number of carbonyl (C=O) groups is 1. The molecule has 1 amide bonds. The van der Waals surface area contributed by atoms with Crippen LogP contribution in [0.5, 0.6) is 0 Å². The van der Waals surface area contributed by atoms with Crippen LogP contribution in [0.1, 0.15) is 12.1 Å². The summed E-state index contributed by atoms with van der Waals surface area (Å²) in [5.74, 6) is -3.33. The summed E-state index contributed by atoms with van der Waals surface area (Å²) in [6.07, 6.45) is 1.13. The monoisotopic (exact) mass is 491 g/mol. The van der Waals surface area contributed by atoms with Crippen LogP contribution in [-0.4, -0.2) is 30.0 Å². The molecule has 6 nitrogen and oxygen atoms in total. The van der Waals surface area contributed by atoms with Crippen LogP contribution in [-0.2, 0) is 21.2 Å². The summed E-state index contributed by atoms with van der Waals surface area (Å²) in [6.45, 7) is -0.0415. The maximum Gasteiger partial charge on any atom is 0.230 e. The second-order valence-corrected chi connectivity index (χ2v) is 10.2. The van der Waals surface area contributed by atoms with Gasteiger partial charge in [0.15, 0.2) is 20.8 Å². The number of benzene rings is 2. The summed E-state index contributed by atoms with van der Waals surface area (Å²) >= 11 is 0.908. The highest BCUT2D eigenvalue weighted by Crippen LogP contribution is 2.32. The van der Waals surface area contributed by atoms with Crippen molar-refractivity contribution in [2.75, 3.05) is 10.7 Å². The first-order valence-corrected chi connectivity index (χ1v) is 12.1. The molecular formula is C22H16F3N3O3S2. The zero-order chi connectivity index (χ0) is 23.6. The predicted molar refractivity (Wildman–Crippen MR) is 118 cm³/mol. The number of halogens is 3. The van der Waals surface area contributed by atoms with Gasteiger partial charge in [0.05, 0.1) is 27.6 Å². The number of amides is 1. The topological polar surface area (TPSA) is 80.2 Å². The van der Waals surface area contributed by atoms with E-state index in [-0.39, 0.29) is 26.8 Å². The average molecular weight is 492 g/mol. The fraction of sp³-hybridized carbons (Fsp3) is 0.136. The quantitative estimate of drug-likeness (QED) is 0.356. The maximum atomic E-state index is 14.2. The van der Waals surface area contributed by atoms with Crippen LogP contribution in [0.15, 0.2) is 65.7 Å².